The summed E-state index contributed by atoms with van der Waals surface area (Å²) >= 11 is -2.24. The van der Waals surface area contributed by atoms with Crippen molar-refractivity contribution in [2.24, 2.45) is 7.05 Å². The average Bonchev–Trinajstić information content (AvgIpc) is 3.27. The molecule has 0 saturated heterocycles. The predicted molar refractivity (Wildman–Crippen MR) is 159 cm³/mol. The second-order valence-corrected chi connectivity index (χ2v) is 21.6. The van der Waals surface area contributed by atoms with Crippen LogP contribution in [0.15, 0.2) is 108 Å². The molecule has 0 amide bonds. The van der Waals surface area contributed by atoms with Gasteiger partial charge in [0, 0.05) is 0 Å². The summed E-state index contributed by atoms with van der Waals surface area (Å²) in [6, 6.07) is 35.1. The second kappa shape index (κ2) is 9.04. The fourth-order valence-electron chi connectivity index (χ4n) is 5.47. The van der Waals surface area contributed by atoms with E-state index in [4.69, 9.17) is 4.42 Å². The Balaban J connectivity index is 1.64. The van der Waals surface area contributed by atoms with Crippen molar-refractivity contribution in [2.75, 3.05) is 0 Å². The van der Waals surface area contributed by atoms with Gasteiger partial charge in [-0.05, 0) is 0 Å². The Morgan fingerprint density at radius 2 is 1.19 bits per heavy atom. The maximum absolute atomic E-state index is 6.93. The minimum atomic E-state index is -2.24. The van der Waals surface area contributed by atoms with Crippen molar-refractivity contribution >= 4 is 39.6 Å². The Kier molecular flexibility index (Phi) is 5.80. The van der Waals surface area contributed by atoms with Crippen molar-refractivity contribution in [3.8, 4) is 33.5 Å². The van der Waals surface area contributed by atoms with E-state index in [0.29, 0.717) is 0 Å². The van der Waals surface area contributed by atoms with Gasteiger partial charge in [-0.2, -0.15) is 0 Å². The van der Waals surface area contributed by atoms with Gasteiger partial charge in [0.25, 0.3) is 0 Å². The summed E-state index contributed by atoms with van der Waals surface area (Å²) in [6.07, 6.45) is 2.10. The maximum atomic E-state index is 6.93. The van der Waals surface area contributed by atoms with Crippen LogP contribution in [-0.4, -0.2) is 13.3 Å². The van der Waals surface area contributed by atoms with Crippen LogP contribution in [-0.2, 0) is 7.05 Å². The zero-order valence-corrected chi connectivity index (χ0v) is 24.3. The van der Waals surface area contributed by atoms with Gasteiger partial charge < -0.3 is 0 Å². The summed E-state index contributed by atoms with van der Waals surface area (Å²) < 4.78 is 10.6. The summed E-state index contributed by atoms with van der Waals surface area (Å²) in [5, 5.41) is 2.36. The summed E-state index contributed by atoms with van der Waals surface area (Å²) in [7, 11) is 2.10. The van der Waals surface area contributed by atoms with Gasteiger partial charge in [0.15, 0.2) is 0 Å². The van der Waals surface area contributed by atoms with Crippen molar-refractivity contribution in [3.05, 3.63) is 109 Å². The second-order valence-electron chi connectivity index (χ2n) is 11.0. The molecular formula is C34H32GeNO+. The van der Waals surface area contributed by atoms with Crippen LogP contribution in [0.1, 0.15) is 5.56 Å². The molecule has 3 heteroatoms. The topological polar surface area (TPSA) is 17.0 Å². The van der Waals surface area contributed by atoms with Gasteiger partial charge >= 0.3 is 222 Å². The zero-order valence-electron chi connectivity index (χ0n) is 22.2. The SMILES string of the molecule is Cc1ccc2c(oc3c(-c4ccc(-c5ccccc5)cc4)[c]([Ge]([CH3])([CH3])[CH3])ccc32)c1-c1cccc[n+]1C. The van der Waals surface area contributed by atoms with E-state index in [9.17, 15) is 0 Å². The van der Waals surface area contributed by atoms with Gasteiger partial charge in [-0.1, -0.05) is 0 Å². The third kappa shape index (κ3) is 4.10. The third-order valence-electron chi connectivity index (χ3n) is 7.42. The molecule has 0 spiro atoms. The molecule has 6 aromatic rings. The quantitative estimate of drug-likeness (QED) is 0.162. The van der Waals surface area contributed by atoms with Gasteiger partial charge in [-0.3, -0.25) is 0 Å². The molecule has 0 radical (unpaired) electrons. The molecule has 0 unspecified atom stereocenters. The normalized spacial score (nSPS) is 11.9. The fourth-order valence-corrected chi connectivity index (χ4v) is 8.81. The summed E-state index contributed by atoms with van der Waals surface area (Å²) in [5.41, 5.74) is 10.5. The van der Waals surface area contributed by atoms with Crippen molar-refractivity contribution in [3.63, 3.8) is 0 Å². The van der Waals surface area contributed by atoms with E-state index in [-0.39, 0.29) is 0 Å². The molecular weight excluding hydrogens is 511 g/mol. The minimum absolute atomic E-state index is 0.970. The Labute approximate surface area is 221 Å². The molecule has 0 fully saturated rings. The third-order valence-corrected chi connectivity index (χ3v) is 11.7. The summed E-state index contributed by atoms with van der Waals surface area (Å²) in [6.45, 7) is 2.17. The molecule has 0 saturated carbocycles. The van der Waals surface area contributed by atoms with Gasteiger partial charge in [0.1, 0.15) is 0 Å². The Morgan fingerprint density at radius 1 is 0.595 bits per heavy atom. The number of aromatic nitrogens is 1. The number of furan rings is 1. The van der Waals surface area contributed by atoms with Gasteiger partial charge in [0.05, 0.1) is 0 Å². The molecule has 4 aromatic carbocycles. The molecule has 182 valence electrons. The summed E-state index contributed by atoms with van der Waals surface area (Å²) in [5.74, 6) is 7.39. The van der Waals surface area contributed by atoms with E-state index in [1.807, 2.05) is 0 Å². The molecule has 0 N–H and O–H groups in total. The molecule has 0 bridgehead atoms. The standard InChI is InChI=1S/C34H32GeNO/c1-23-14-19-27-28-20-21-29(35(2,3)4)32(26-17-15-25(16-18-26)24-11-7-6-8-12-24)34(28)37-33(27)31(23)30-13-9-10-22-36(30)5/h6-22H,1-5H3/q+1. The average molecular weight is 543 g/mol. The van der Waals surface area contributed by atoms with Crippen LogP contribution in [0.25, 0.3) is 55.4 Å². The molecule has 0 aliphatic heterocycles. The van der Waals surface area contributed by atoms with Crippen LogP contribution in [0.2, 0.25) is 17.3 Å². The molecule has 2 nitrogen and oxygen atoms in total. The molecule has 0 aliphatic rings. The molecule has 0 atom stereocenters. The first-order valence-corrected chi connectivity index (χ1v) is 20.3. The predicted octanol–water partition coefficient (Wildman–Crippen LogP) is 8.27. The first-order valence-electron chi connectivity index (χ1n) is 12.9. The van der Waals surface area contributed by atoms with E-state index >= 15 is 0 Å². The van der Waals surface area contributed by atoms with Crippen LogP contribution < -0.4 is 8.96 Å². The molecule has 2 aromatic heterocycles. The number of aryl methyl sites for hydroxylation is 2. The van der Waals surface area contributed by atoms with Crippen LogP contribution in [0.5, 0.6) is 0 Å². The van der Waals surface area contributed by atoms with E-state index in [2.05, 4.69) is 139 Å². The van der Waals surface area contributed by atoms with E-state index in [1.165, 1.54) is 48.5 Å². The number of fused-ring (bicyclic) bond motifs is 3. The summed E-state index contributed by atoms with van der Waals surface area (Å²) in [4.78, 5) is 0. The number of rotatable bonds is 4. The molecule has 2 heterocycles. The monoisotopic (exact) mass is 544 g/mol. The van der Waals surface area contributed by atoms with Crippen molar-refractivity contribution < 1.29 is 8.98 Å². The zero-order chi connectivity index (χ0) is 25.7. The first-order chi connectivity index (χ1) is 17.8. The number of hydrogen-bond acceptors (Lipinski definition) is 1. The number of hydrogen-bond donors (Lipinski definition) is 0. The van der Waals surface area contributed by atoms with Crippen LogP contribution >= 0.6 is 0 Å². The van der Waals surface area contributed by atoms with Crippen molar-refractivity contribution in [1.29, 1.82) is 0 Å². The van der Waals surface area contributed by atoms with Crippen LogP contribution in [0, 0.1) is 6.92 Å². The first kappa shape index (κ1) is 23.8. The van der Waals surface area contributed by atoms with Gasteiger partial charge in [-0.15, -0.1) is 0 Å². The Hall–Kier alpha value is -3.63. The van der Waals surface area contributed by atoms with Crippen LogP contribution in [0.3, 0.4) is 0 Å². The molecule has 37 heavy (non-hydrogen) atoms. The van der Waals surface area contributed by atoms with Crippen molar-refractivity contribution in [2.45, 2.75) is 24.2 Å². The molecule has 6 rings (SSSR count). The number of benzene rings is 4. The van der Waals surface area contributed by atoms with E-state index < -0.39 is 13.3 Å². The Morgan fingerprint density at radius 3 is 1.86 bits per heavy atom. The molecule has 0 aliphatic carbocycles. The van der Waals surface area contributed by atoms with E-state index in [0.717, 1.165) is 16.9 Å². The van der Waals surface area contributed by atoms with Crippen LogP contribution in [0.4, 0.5) is 0 Å². The van der Waals surface area contributed by atoms with Crippen molar-refractivity contribution in [1.82, 2.24) is 0 Å². The van der Waals surface area contributed by atoms with E-state index in [1.54, 1.807) is 0 Å². The van der Waals surface area contributed by atoms with Gasteiger partial charge in [-0.25, -0.2) is 0 Å². The fraction of sp³-hybridized carbons (Fsp3) is 0.147. The van der Waals surface area contributed by atoms with Gasteiger partial charge in [0.2, 0.25) is 0 Å². The Bertz CT molecular complexity index is 1760. The number of pyridine rings is 1. The number of nitrogens with zero attached hydrogens (tertiary/aromatic N) is 1.